The average molecular weight is 390 g/mol. The quantitative estimate of drug-likeness (QED) is 0.561. The average Bonchev–Trinajstić information content (AvgIpc) is 2.95. The molecule has 0 N–H and O–H groups in total. The molecule has 0 bridgehead atoms. The van der Waals surface area contributed by atoms with Crippen LogP contribution in [-0.2, 0) is 24.2 Å². The van der Waals surface area contributed by atoms with Gasteiger partial charge in [-0.25, -0.2) is 8.42 Å². The highest BCUT2D eigenvalue weighted by Gasteiger charge is 2.33. The number of sulfone groups is 1. The lowest BCUT2D eigenvalue weighted by Gasteiger charge is -2.31. The van der Waals surface area contributed by atoms with Crippen molar-refractivity contribution in [3.05, 3.63) is 0 Å². The second-order valence-electron chi connectivity index (χ2n) is 6.95. The SMILES string of the molecule is CCN(C(=O)CCN(CCN1CCOCC1)C(C)=O)C1CCS(=O)(=O)C1. The first kappa shape index (κ1) is 21.1. The number of carbonyl (C=O) groups excluding carboxylic acids is 2. The summed E-state index contributed by atoms with van der Waals surface area (Å²) in [5.41, 5.74) is 0. The van der Waals surface area contributed by atoms with Crippen LogP contribution in [0.3, 0.4) is 0 Å². The minimum atomic E-state index is -3.02. The second-order valence-corrected chi connectivity index (χ2v) is 9.18. The molecular weight excluding hydrogens is 358 g/mol. The van der Waals surface area contributed by atoms with E-state index in [0.717, 1.165) is 19.6 Å². The number of nitrogens with zero attached hydrogens (tertiary/aromatic N) is 3. The van der Waals surface area contributed by atoms with Crippen molar-refractivity contribution < 1.29 is 22.7 Å². The van der Waals surface area contributed by atoms with Crippen LogP contribution in [0.4, 0.5) is 0 Å². The zero-order valence-electron chi connectivity index (χ0n) is 15.9. The van der Waals surface area contributed by atoms with Gasteiger partial charge in [0.05, 0.1) is 24.7 Å². The zero-order chi connectivity index (χ0) is 19.2. The molecule has 26 heavy (non-hydrogen) atoms. The molecule has 1 atom stereocenters. The number of ether oxygens (including phenoxy) is 1. The van der Waals surface area contributed by atoms with E-state index in [1.54, 1.807) is 9.80 Å². The molecule has 2 aliphatic heterocycles. The zero-order valence-corrected chi connectivity index (χ0v) is 16.7. The first-order chi connectivity index (χ1) is 12.3. The monoisotopic (exact) mass is 389 g/mol. The highest BCUT2D eigenvalue weighted by molar-refractivity contribution is 7.91. The predicted molar refractivity (Wildman–Crippen MR) is 98.6 cm³/mol. The van der Waals surface area contributed by atoms with Gasteiger partial charge < -0.3 is 14.5 Å². The summed E-state index contributed by atoms with van der Waals surface area (Å²) in [6.45, 7) is 8.77. The van der Waals surface area contributed by atoms with E-state index in [1.807, 2.05) is 6.92 Å². The van der Waals surface area contributed by atoms with E-state index in [4.69, 9.17) is 4.74 Å². The van der Waals surface area contributed by atoms with Crippen molar-refractivity contribution in [2.45, 2.75) is 32.7 Å². The van der Waals surface area contributed by atoms with E-state index in [-0.39, 0.29) is 35.8 Å². The minimum Gasteiger partial charge on any atom is -0.379 e. The van der Waals surface area contributed by atoms with Crippen molar-refractivity contribution in [1.82, 2.24) is 14.7 Å². The summed E-state index contributed by atoms with van der Waals surface area (Å²) in [5, 5.41) is 0. The fourth-order valence-corrected chi connectivity index (χ4v) is 5.28. The Balaban J connectivity index is 1.82. The maximum atomic E-state index is 12.6. The van der Waals surface area contributed by atoms with Crippen LogP contribution in [0, 0.1) is 0 Å². The summed E-state index contributed by atoms with van der Waals surface area (Å²) in [6.07, 6.45) is 0.739. The van der Waals surface area contributed by atoms with Crippen LogP contribution in [0.1, 0.15) is 26.7 Å². The van der Waals surface area contributed by atoms with E-state index < -0.39 is 9.84 Å². The highest BCUT2D eigenvalue weighted by atomic mass is 32.2. The lowest BCUT2D eigenvalue weighted by molar-refractivity contribution is -0.134. The third-order valence-corrected chi connectivity index (χ3v) is 6.89. The molecule has 1 unspecified atom stereocenters. The smallest absolute Gasteiger partial charge is 0.224 e. The number of hydrogen-bond acceptors (Lipinski definition) is 6. The van der Waals surface area contributed by atoms with Gasteiger partial charge in [-0.1, -0.05) is 0 Å². The van der Waals surface area contributed by atoms with Gasteiger partial charge in [0, 0.05) is 58.7 Å². The Kier molecular flexibility index (Phi) is 7.85. The van der Waals surface area contributed by atoms with E-state index in [0.29, 0.717) is 39.3 Å². The van der Waals surface area contributed by atoms with Gasteiger partial charge in [0.25, 0.3) is 0 Å². The molecule has 0 spiro atoms. The molecule has 0 saturated carbocycles. The van der Waals surface area contributed by atoms with Crippen molar-refractivity contribution in [2.24, 2.45) is 0 Å². The summed E-state index contributed by atoms with van der Waals surface area (Å²) in [4.78, 5) is 30.1. The first-order valence-electron chi connectivity index (χ1n) is 9.38. The third kappa shape index (κ3) is 6.21. The highest BCUT2D eigenvalue weighted by Crippen LogP contribution is 2.18. The van der Waals surface area contributed by atoms with Crippen molar-refractivity contribution >= 4 is 21.7 Å². The van der Waals surface area contributed by atoms with Crippen LogP contribution >= 0.6 is 0 Å². The first-order valence-corrected chi connectivity index (χ1v) is 11.2. The van der Waals surface area contributed by atoms with Gasteiger partial charge in [0.2, 0.25) is 11.8 Å². The molecule has 0 aromatic carbocycles. The summed E-state index contributed by atoms with van der Waals surface area (Å²) in [6, 6.07) is -0.225. The molecule has 2 amide bonds. The largest absolute Gasteiger partial charge is 0.379 e. The Hall–Kier alpha value is -1.19. The normalized spacial score (nSPS) is 22.9. The number of rotatable bonds is 8. The molecule has 0 aliphatic carbocycles. The number of amides is 2. The van der Waals surface area contributed by atoms with Gasteiger partial charge in [-0.15, -0.1) is 0 Å². The Morgan fingerprint density at radius 2 is 1.88 bits per heavy atom. The Morgan fingerprint density at radius 3 is 2.42 bits per heavy atom. The van der Waals surface area contributed by atoms with Crippen LogP contribution in [0.5, 0.6) is 0 Å². The van der Waals surface area contributed by atoms with Crippen LogP contribution in [-0.4, -0.2) is 105 Å². The van der Waals surface area contributed by atoms with Gasteiger partial charge in [0.1, 0.15) is 0 Å². The summed E-state index contributed by atoms with van der Waals surface area (Å²) >= 11 is 0. The standard InChI is InChI=1S/C17H31N3O5S/c1-3-20(16-5-13-26(23,24)14-16)17(22)4-6-19(15(2)21)8-7-18-9-11-25-12-10-18/h16H,3-14H2,1-2H3. The minimum absolute atomic E-state index is 0.0439. The molecular formula is C17H31N3O5S. The fraction of sp³-hybridized carbons (Fsp3) is 0.882. The van der Waals surface area contributed by atoms with Gasteiger partial charge in [0.15, 0.2) is 9.84 Å². The molecule has 2 rings (SSSR count). The number of hydrogen-bond donors (Lipinski definition) is 0. The molecule has 2 heterocycles. The maximum Gasteiger partial charge on any atom is 0.224 e. The predicted octanol–water partition coefficient (Wildman–Crippen LogP) is -0.407. The second kappa shape index (κ2) is 9.66. The third-order valence-electron chi connectivity index (χ3n) is 5.14. The molecule has 150 valence electrons. The molecule has 0 radical (unpaired) electrons. The molecule has 2 aliphatic rings. The van der Waals surface area contributed by atoms with Crippen LogP contribution < -0.4 is 0 Å². The maximum absolute atomic E-state index is 12.6. The lowest BCUT2D eigenvalue weighted by Crippen LogP contribution is -2.45. The van der Waals surface area contributed by atoms with Gasteiger partial charge in [-0.3, -0.25) is 14.5 Å². The van der Waals surface area contributed by atoms with Gasteiger partial charge >= 0.3 is 0 Å². The van der Waals surface area contributed by atoms with Crippen LogP contribution in [0.2, 0.25) is 0 Å². The Bertz CT molecular complexity index is 589. The Morgan fingerprint density at radius 1 is 1.19 bits per heavy atom. The van der Waals surface area contributed by atoms with E-state index in [2.05, 4.69) is 4.90 Å². The van der Waals surface area contributed by atoms with E-state index in [1.165, 1.54) is 6.92 Å². The topological polar surface area (TPSA) is 87.2 Å². The molecule has 2 fully saturated rings. The fourth-order valence-electron chi connectivity index (χ4n) is 3.55. The van der Waals surface area contributed by atoms with Crippen molar-refractivity contribution in [3.63, 3.8) is 0 Å². The summed E-state index contributed by atoms with van der Waals surface area (Å²) < 4.78 is 28.7. The van der Waals surface area contributed by atoms with Crippen molar-refractivity contribution in [2.75, 3.05) is 64.0 Å². The van der Waals surface area contributed by atoms with Gasteiger partial charge in [-0.05, 0) is 13.3 Å². The molecule has 2 saturated heterocycles. The summed E-state index contributed by atoms with van der Waals surface area (Å²) in [5.74, 6) is 0.0883. The van der Waals surface area contributed by atoms with Crippen LogP contribution in [0.15, 0.2) is 0 Å². The number of morpholine rings is 1. The van der Waals surface area contributed by atoms with Crippen LogP contribution in [0.25, 0.3) is 0 Å². The molecule has 8 nitrogen and oxygen atoms in total. The molecule has 0 aromatic rings. The van der Waals surface area contributed by atoms with E-state index in [9.17, 15) is 18.0 Å². The molecule has 9 heteroatoms. The lowest BCUT2D eigenvalue weighted by atomic mass is 10.2. The Labute approximate surface area is 156 Å². The van der Waals surface area contributed by atoms with Crippen molar-refractivity contribution in [3.8, 4) is 0 Å². The van der Waals surface area contributed by atoms with Crippen molar-refractivity contribution in [1.29, 1.82) is 0 Å². The number of carbonyl (C=O) groups is 2. The molecule has 0 aromatic heterocycles. The summed E-state index contributed by atoms with van der Waals surface area (Å²) in [7, 11) is -3.02. The van der Waals surface area contributed by atoms with E-state index >= 15 is 0 Å². The van der Waals surface area contributed by atoms with Gasteiger partial charge in [-0.2, -0.15) is 0 Å².